The summed E-state index contributed by atoms with van der Waals surface area (Å²) in [6.07, 6.45) is 7.14. The second-order valence-electron chi connectivity index (χ2n) is 9.44. The molecule has 3 aromatic carbocycles. The van der Waals surface area contributed by atoms with Crippen LogP contribution in [0.4, 0.5) is 5.69 Å². The fraction of sp³-hybridized carbons (Fsp3) is 0.367. The second kappa shape index (κ2) is 9.94. The molecule has 2 aliphatic rings. The molecular formula is C30H32ClNO3. The van der Waals surface area contributed by atoms with Crippen molar-refractivity contribution in [2.24, 2.45) is 0 Å². The Labute approximate surface area is 212 Å². The lowest BCUT2D eigenvalue weighted by molar-refractivity contribution is 0.0224. The predicted molar refractivity (Wildman–Crippen MR) is 141 cm³/mol. The summed E-state index contributed by atoms with van der Waals surface area (Å²) >= 11 is 6.36. The fourth-order valence-electron chi connectivity index (χ4n) is 5.31. The average Bonchev–Trinajstić information content (AvgIpc) is 3.16. The molecule has 182 valence electrons. The summed E-state index contributed by atoms with van der Waals surface area (Å²) in [5, 5.41) is 0.580. The van der Waals surface area contributed by atoms with Crippen LogP contribution in [0, 0.1) is 0 Å². The quantitative estimate of drug-likeness (QED) is 0.225. The number of fused-ring (bicyclic) bond motifs is 6. The van der Waals surface area contributed by atoms with Crippen molar-refractivity contribution in [1.82, 2.24) is 0 Å². The molecule has 1 spiro atoms. The minimum atomic E-state index is -1.05. The first-order valence-electron chi connectivity index (χ1n) is 12.8. The zero-order valence-electron chi connectivity index (χ0n) is 20.5. The first-order valence-corrected chi connectivity index (χ1v) is 13.2. The fourth-order valence-corrected chi connectivity index (χ4v) is 5.47. The van der Waals surface area contributed by atoms with Crippen molar-refractivity contribution in [3.05, 3.63) is 87.9 Å². The monoisotopic (exact) mass is 489 g/mol. The molecule has 0 fully saturated rings. The van der Waals surface area contributed by atoms with Gasteiger partial charge in [0.1, 0.15) is 11.5 Å². The van der Waals surface area contributed by atoms with Crippen molar-refractivity contribution in [3.8, 4) is 11.5 Å². The van der Waals surface area contributed by atoms with E-state index in [1.807, 2.05) is 42.5 Å². The van der Waals surface area contributed by atoms with Gasteiger partial charge in [-0.2, -0.15) is 0 Å². The number of rotatable bonds is 9. The molecule has 0 N–H and O–H groups in total. The van der Waals surface area contributed by atoms with Crippen molar-refractivity contribution in [1.29, 1.82) is 0 Å². The van der Waals surface area contributed by atoms with Crippen molar-refractivity contribution < 1.29 is 14.3 Å². The predicted octanol–water partition coefficient (Wildman–Crippen LogP) is 8.09. The number of carbonyl (C=O) groups excluding carboxylic acids is 1. The van der Waals surface area contributed by atoms with E-state index in [4.69, 9.17) is 21.1 Å². The lowest BCUT2D eigenvalue weighted by atomic mass is 9.77. The number of carbonyl (C=O) groups is 1. The highest BCUT2D eigenvalue weighted by molar-refractivity contribution is 6.30. The molecule has 1 atom stereocenters. The largest absolute Gasteiger partial charge is 0.456 e. The number of nitrogens with zero attached hydrogens (tertiary/aromatic N) is 1. The van der Waals surface area contributed by atoms with Gasteiger partial charge in [0.25, 0.3) is 0 Å². The molecule has 0 aliphatic carbocycles. The summed E-state index contributed by atoms with van der Waals surface area (Å²) in [6.45, 7) is 6.50. The Bertz CT molecular complexity index is 1230. The highest BCUT2D eigenvalue weighted by Gasteiger charge is 2.53. The maximum absolute atomic E-state index is 13.0. The molecule has 0 bridgehead atoms. The van der Waals surface area contributed by atoms with Crippen LogP contribution < -0.4 is 9.64 Å². The van der Waals surface area contributed by atoms with Crippen molar-refractivity contribution in [3.63, 3.8) is 0 Å². The van der Waals surface area contributed by atoms with Crippen LogP contribution in [0.1, 0.15) is 79.4 Å². The Balaban J connectivity index is 1.61. The first kappa shape index (κ1) is 23.7. The van der Waals surface area contributed by atoms with E-state index < -0.39 is 5.60 Å². The van der Waals surface area contributed by atoms with Gasteiger partial charge in [-0.1, -0.05) is 69.3 Å². The molecule has 1 unspecified atom stereocenters. The normalized spacial score (nSPS) is 17.4. The van der Waals surface area contributed by atoms with E-state index in [-0.39, 0.29) is 5.97 Å². The van der Waals surface area contributed by atoms with E-state index in [0.717, 1.165) is 48.3 Å². The van der Waals surface area contributed by atoms with E-state index in [2.05, 4.69) is 36.9 Å². The van der Waals surface area contributed by atoms with Gasteiger partial charge in [-0.3, -0.25) is 0 Å². The number of halogens is 1. The SMILES string of the molecule is CCCCCN(CCCCC)c1ccc2c(c1)Oc1cc(Cl)ccc1C21OC(=O)c2ccccc21. The summed E-state index contributed by atoms with van der Waals surface area (Å²) in [5.41, 5.74) is 3.16. The van der Waals surface area contributed by atoms with Gasteiger partial charge in [-0.25, -0.2) is 4.79 Å². The van der Waals surface area contributed by atoms with Crippen LogP contribution in [0.3, 0.4) is 0 Å². The minimum Gasteiger partial charge on any atom is -0.456 e. The van der Waals surface area contributed by atoms with Gasteiger partial charge in [0, 0.05) is 46.6 Å². The molecule has 0 radical (unpaired) electrons. The maximum atomic E-state index is 13.0. The molecule has 35 heavy (non-hydrogen) atoms. The van der Waals surface area contributed by atoms with E-state index in [1.165, 1.54) is 25.7 Å². The molecule has 5 heteroatoms. The van der Waals surface area contributed by atoms with E-state index in [9.17, 15) is 4.79 Å². The third kappa shape index (κ3) is 4.18. The lowest BCUT2D eigenvalue weighted by Gasteiger charge is -2.37. The topological polar surface area (TPSA) is 38.8 Å². The maximum Gasteiger partial charge on any atom is 0.340 e. The molecule has 5 rings (SSSR count). The first-order chi connectivity index (χ1) is 17.1. The second-order valence-corrected chi connectivity index (χ2v) is 9.88. The molecule has 4 nitrogen and oxygen atoms in total. The Morgan fingerprint density at radius 2 is 1.46 bits per heavy atom. The highest BCUT2D eigenvalue weighted by atomic mass is 35.5. The number of benzene rings is 3. The summed E-state index contributed by atoms with van der Waals surface area (Å²) in [7, 11) is 0. The molecule has 0 amide bonds. The summed E-state index contributed by atoms with van der Waals surface area (Å²) < 4.78 is 12.7. The van der Waals surface area contributed by atoms with Crippen LogP contribution in [-0.2, 0) is 10.3 Å². The van der Waals surface area contributed by atoms with Gasteiger partial charge in [0.2, 0.25) is 0 Å². The number of unbranched alkanes of at least 4 members (excludes halogenated alkanes) is 4. The summed E-state index contributed by atoms with van der Waals surface area (Å²) in [5.74, 6) is 1.01. The molecule has 0 saturated carbocycles. The zero-order valence-corrected chi connectivity index (χ0v) is 21.2. The van der Waals surface area contributed by atoms with Crippen LogP contribution in [0.25, 0.3) is 0 Å². The van der Waals surface area contributed by atoms with Gasteiger partial charge < -0.3 is 14.4 Å². The van der Waals surface area contributed by atoms with Crippen molar-refractivity contribution >= 4 is 23.3 Å². The van der Waals surface area contributed by atoms with Gasteiger partial charge in [0.05, 0.1) is 5.56 Å². The smallest absolute Gasteiger partial charge is 0.340 e. The van der Waals surface area contributed by atoms with E-state index >= 15 is 0 Å². The molecule has 2 aliphatic heterocycles. The van der Waals surface area contributed by atoms with Crippen LogP contribution in [0.5, 0.6) is 11.5 Å². The Morgan fingerprint density at radius 1 is 0.800 bits per heavy atom. The molecule has 3 aromatic rings. The average molecular weight is 490 g/mol. The number of hydrogen-bond acceptors (Lipinski definition) is 4. The molecule has 0 saturated heterocycles. The third-order valence-corrected chi connectivity index (χ3v) is 7.32. The molecule has 2 heterocycles. The number of ether oxygens (including phenoxy) is 2. The lowest BCUT2D eigenvalue weighted by Crippen LogP contribution is -2.33. The van der Waals surface area contributed by atoms with Crippen LogP contribution in [-0.4, -0.2) is 19.1 Å². The molecule has 0 aromatic heterocycles. The molecular weight excluding hydrogens is 458 g/mol. The van der Waals surface area contributed by atoms with Gasteiger partial charge >= 0.3 is 5.97 Å². The van der Waals surface area contributed by atoms with E-state index in [1.54, 1.807) is 0 Å². The van der Waals surface area contributed by atoms with Gasteiger partial charge in [0.15, 0.2) is 5.60 Å². The Hall–Kier alpha value is -2.98. The van der Waals surface area contributed by atoms with Crippen molar-refractivity contribution in [2.45, 2.75) is 58.0 Å². The summed E-state index contributed by atoms with van der Waals surface area (Å²) in [6, 6.07) is 19.5. The Morgan fingerprint density at radius 3 is 2.17 bits per heavy atom. The van der Waals surface area contributed by atoms with Crippen LogP contribution in [0.15, 0.2) is 60.7 Å². The standard InChI is InChI=1S/C30H32ClNO3/c1-3-5-9-17-32(18-10-6-4-2)22-14-16-26-28(20-22)34-27-19-21(31)13-15-25(27)30(26)24-12-8-7-11-23(24)29(33)35-30/h7-8,11-16,19-20H,3-6,9-10,17-18H2,1-2H3. The van der Waals surface area contributed by atoms with Gasteiger partial charge in [-0.15, -0.1) is 0 Å². The zero-order chi connectivity index (χ0) is 24.4. The highest BCUT2D eigenvalue weighted by Crippen LogP contribution is 2.56. The number of hydrogen-bond donors (Lipinski definition) is 0. The van der Waals surface area contributed by atoms with Crippen LogP contribution >= 0.6 is 11.6 Å². The third-order valence-electron chi connectivity index (χ3n) is 7.09. The Kier molecular flexibility index (Phi) is 6.75. The van der Waals surface area contributed by atoms with E-state index in [0.29, 0.717) is 22.1 Å². The van der Waals surface area contributed by atoms with Crippen LogP contribution in [0.2, 0.25) is 5.02 Å². The summed E-state index contributed by atoms with van der Waals surface area (Å²) in [4.78, 5) is 15.5. The number of esters is 1. The minimum absolute atomic E-state index is 0.320. The van der Waals surface area contributed by atoms with Crippen molar-refractivity contribution in [2.75, 3.05) is 18.0 Å². The van der Waals surface area contributed by atoms with Gasteiger partial charge in [-0.05, 0) is 49.2 Å². The number of anilines is 1.